The van der Waals surface area contributed by atoms with E-state index in [1.165, 1.54) is 0 Å². The summed E-state index contributed by atoms with van der Waals surface area (Å²) >= 11 is 0. The van der Waals surface area contributed by atoms with Gasteiger partial charge in [0, 0.05) is 6.42 Å². The molecule has 0 rings (SSSR count). The molecular weight excluding hydrogens is 436 g/mol. The van der Waals surface area contributed by atoms with Crippen LogP contribution in [0.4, 0.5) is 0 Å². The third kappa shape index (κ3) is 11.8. The fourth-order valence-electron chi connectivity index (χ4n) is 2.86. The first-order chi connectivity index (χ1) is 15.1. The number of amides is 5. The monoisotopic (exact) mass is 472 g/mol. The second-order valence-corrected chi connectivity index (χ2v) is 8.60. The summed E-state index contributed by atoms with van der Waals surface area (Å²) in [5.41, 5.74) is 15.8. The molecule has 0 aromatic heterocycles. The minimum atomic E-state index is -1.55. The minimum Gasteiger partial charge on any atom is -0.480 e. The molecule has 0 saturated heterocycles. The number of primary amides is 2. The molecule has 0 spiro atoms. The molecule has 0 aliphatic heterocycles. The van der Waals surface area contributed by atoms with Crippen LogP contribution in [0.1, 0.15) is 53.4 Å². The number of hydrogen-bond donors (Lipinski definition) is 7. The number of carboxylic acids is 1. The number of nitrogens with one attached hydrogen (secondary N) is 3. The van der Waals surface area contributed by atoms with Crippen molar-refractivity contribution in [2.75, 3.05) is 0 Å². The van der Waals surface area contributed by atoms with Crippen LogP contribution in [0.2, 0.25) is 0 Å². The van der Waals surface area contributed by atoms with Gasteiger partial charge in [0.05, 0.1) is 12.5 Å². The Labute approximate surface area is 192 Å². The standard InChI is InChI=1S/C20H36N6O7/c1-9(2)7-12(18(30)25-13(20(32)33)8-15(23)28)24-19(31)16(10(3)4)26-17(29)11(21)5-6-14(22)27/h9-13,16H,5-8,21H2,1-4H3,(H2,22,27)(H2,23,28)(H,24,31)(H,25,30)(H,26,29)(H,32,33). The van der Waals surface area contributed by atoms with Gasteiger partial charge in [0.15, 0.2) is 0 Å². The quantitative estimate of drug-likeness (QED) is 0.136. The normalized spacial score (nSPS) is 14.6. The van der Waals surface area contributed by atoms with Crippen LogP contribution in [0.3, 0.4) is 0 Å². The fourth-order valence-corrected chi connectivity index (χ4v) is 2.86. The van der Waals surface area contributed by atoms with E-state index in [1.807, 2.05) is 0 Å². The van der Waals surface area contributed by atoms with Crippen molar-refractivity contribution in [1.29, 1.82) is 0 Å². The van der Waals surface area contributed by atoms with E-state index >= 15 is 0 Å². The van der Waals surface area contributed by atoms with E-state index in [4.69, 9.17) is 17.2 Å². The van der Waals surface area contributed by atoms with Crippen LogP contribution < -0.4 is 33.2 Å². The number of carbonyl (C=O) groups excluding carboxylic acids is 5. The Morgan fingerprint density at radius 1 is 0.788 bits per heavy atom. The Bertz CT molecular complexity index is 740. The molecule has 4 unspecified atom stereocenters. The first-order valence-electron chi connectivity index (χ1n) is 10.6. The zero-order chi connectivity index (χ0) is 25.9. The Morgan fingerprint density at radius 3 is 1.76 bits per heavy atom. The van der Waals surface area contributed by atoms with E-state index in [-0.39, 0.29) is 31.1 Å². The highest BCUT2D eigenvalue weighted by atomic mass is 16.4. The highest BCUT2D eigenvalue weighted by molar-refractivity contribution is 5.95. The summed E-state index contributed by atoms with van der Waals surface area (Å²) in [6, 6.07) is -4.80. The van der Waals surface area contributed by atoms with Crippen molar-refractivity contribution in [3.05, 3.63) is 0 Å². The molecule has 188 valence electrons. The van der Waals surface area contributed by atoms with Crippen molar-refractivity contribution in [2.24, 2.45) is 29.0 Å². The van der Waals surface area contributed by atoms with E-state index in [0.717, 1.165) is 0 Å². The number of nitrogens with two attached hydrogens (primary N) is 3. The van der Waals surface area contributed by atoms with E-state index in [0.29, 0.717) is 0 Å². The van der Waals surface area contributed by atoms with Gasteiger partial charge in [0.25, 0.3) is 0 Å². The first-order valence-corrected chi connectivity index (χ1v) is 10.6. The molecule has 0 saturated carbocycles. The van der Waals surface area contributed by atoms with Crippen molar-refractivity contribution >= 4 is 35.5 Å². The summed E-state index contributed by atoms with van der Waals surface area (Å²) in [5.74, 6) is -5.58. The summed E-state index contributed by atoms with van der Waals surface area (Å²) in [6.45, 7) is 6.93. The van der Waals surface area contributed by atoms with Crippen LogP contribution in [-0.2, 0) is 28.8 Å². The first kappa shape index (κ1) is 29.8. The Balaban J connectivity index is 5.42. The molecule has 5 amide bonds. The van der Waals surface area contributed by atoms with Crippen LogP contribution >= 0.6 is 0 Å². The van der Waals surface area contributed by atoms with E-state index in [9.17, 15) is 33.9 Å². The molecule has 0 aromatic rings. The molecule has 0 heterocycles. The van der Waals surface area contributed by atoms with Gasteiger partial charge in [0.1, 0.15) is 18.1 Å². The van der Waals surface area contributed by atoms with Gasteiger partial charge >= 0.3 is 5.97 Å². The van der Waals surface area contributed by atoms with Gasteiger partial charge in [-0.3, -0.25) is 24.0 Å². The second kappa shape index (κ2) is 14.0. The predicted octanol–water partition coefficient (Wildman–Crippen LogP) is -2.30. The van der Waals surface area contributed by atoms with Crippen molar-refractivity contribution < 1.29 is 33.9 Å². The molecular formula is C20H36N6O7. The average molecular weight is 473 g/mol. The van der Waals surface area contributed by atoms with Gasteiger partial charge < -0.3 is 38.3 Å². The number of carboxylic acid groups (broad SMARTS) is 1. The van der Waals surface area contributed by atoms with Gasteiger partial charge in [-0.05, 0) is 24.7 Å². The Morgan fingerprint density at radius 2 is 1.33 bits per heavy atom. The molecule has 33 heavy (non-hydrogen) atoms. The summed E-state index contributed by atoms with van der Waals surface area (Å²) in [6.07, 6.45) is -0.545. The van der Waals surface area contributed by atoms with E-state index in [1.54, 1.807) is 27.7 Å². The topological polar surface area (TPSA) is 237 Å². The van der Waals surface area contributed by atoms with E-state index in [2.05, 4.69) is 16.0 Å². The molecule has 0 aliphatic rings. The van der Waals surface area contributed by atoms with Crippen molar-refractivity contribution in [3.8, 4) is 0 Å². The lowest BCUT2D eigenvalue weighted by Gasteiger charge is -2.27. The van der Waals surface area contributed by atoms with Crippen LogP contribution in [0.25, 0.3) is 0 Å². The number of rotatable bonds is 15. The maximum absolute atomic E-state index is 12.9. The van der Waals surface area contributed by atoms with Crippen LogP contribution in [0.5, 0.6) is 0 Å². The fraction of sp³-hybridized carbons (Fsp3) is 0.700. The number of hydrogen-bond acceptors (Lipinski definition) is 7. The molecule has 0 fully saturated rings. The molecule has 0 aromatic carbocycles. The molecule has 10 N–H and O–H groups in total. The maximum atomic E-state index is 12.9. The lowest BCUT2D eigenvalue weighted by atomic mass is 9.99. The van der Waals surface area contributed by atoms with Crippen molar-refractivity contribution in [3.63, 3.8) is 0 Å². The Kier molecular flexibility index (Phi) is 12.7. The molecule has 0 radical (unpaired) electrons. The zero-order valence-corrected chi connectivity index (χ0v) is 19.4. The summed E-state index contributed by atoms with van der Waals surface area (Å²) in [5, 5.41) is 16.5. The number of carbonyl (C=O) groups is 6. The summed E-state index contributed by atoms with van der Waals surface area (Å²) in [4.78, 5) is 71.2. The zero-order valence-electron chi connectivity index (χ0n) is 19.4. The molecule has 0 aliphatic carbocycles. The van der Waals surface area contributed by atoms with Crippen LogP contribution in [-0.4, -0.2) is 64.8 Å². The SMILES string of the molecule is CC(C)CC(NC(=O)C(NC(=O)C(N)CCC(N)=O)C(C)C)C(=O)NC(CC(N)=O)C(=O)O. The van der Waals surface area contributed by atoms with E-state index < -0.39 is 66.1 Å². The molecule has 4 atom stereocenters. The van der Waals surface area contributed by atoms with Gasteiger partial charge in [-0.2, -0.15) is 0 Å². The molecule has 0 bridgehead atoms. The lowest BCUT2D eigenvalue weighted by Crippen LogP contribution is -2.58. The highest BCUT2D eigenvalue weighted by Gasteiger charge is 2.32. The van der Waals surface area contributed by atoms with Crippen molar-refractivity contribution in [2.45, 2.75) is 77.5 Å². The van der Waals surface area contributed by atoms with Crippen molar-refractivity contribution in [1.82, 2.24) is 16.0 Å². The lowest BCUT2D eigenvalue weighted by molar-refractivity contribution is -0.144. The second-order valence-electron chi connectivity index (χ2n) is 8.60. The smallest absolute Gasteiger partial charge is 0.326 e. The average Bonchev–Trinajstić information content (AvgIpc) is 2.67. The van der Waals surface area contributed by atoms with Gasteiger partial charge in [-0.25, -0.2) is 4.79 Å². The third-order valence-electron chi connectivity index (χ3n) is 4.65. The molecule has 13 heteroatoms. The van der Waals surface area contributed by atoms with Crippen LogP contribution in [0, 0.1) is 11.8 Å². The van der Waals surface area contributed by atoms with Gasteiger partial charge in [-0.1, -0.05) is 27.7 Å². The minimum absolute atomic E-state index is 0.00240. The largest absolute Gasteiger partial charge is 0.480 e. The maximum Gasteiger partial charge on any atom is 0.326 e. The summed E-state index contributed by atoms with van der Waals surface area (Å²) < 4.78 is 0. The van der Waals surface area contributed by atoms with Crippen LogP contribution in [0.15, 0.2) is 0 Å². The van der Waals surface area contributed by atoms with Gasteiger partial charge in [0.2, 0.25) is 29.5 Å². The Hall–Kier alpha value is -3.22. The summed E-state index contributed by atoms with van der Waals surface area (Å²) in [7, 11) is 0. The third-order valence-corrected chi connectivity index (χ3v) is 4.65. The molecule has 13 nitrogen and oxygen atoms in total. The highest BCUT2D eigenvalue weighted by Crippen LogP contribution is 2.09. The van der Waals surface area contributed by atoms with Gasteiger partial charge in [-0.15, -0.1) is 0 Å². The predicted molar refractivity (Wildman–Crippen MR) is 118 cm³/mol. The number of aliphatic carboxylic acids is 1.